The molecule has 4 aromatic heterocycles. The number of fused-ring (bicyclic) bond motifs is 3. The second kappa shape index (κ2) is 6.52. The maximum Gasteiger partial charge on any atom is 0.291 e. The summed E-state index contributed by atoms with van der Waals surface area (Å²) in [6.45, 7) is 0.160. The third-order valence-electron chi connectivity index (χ3n) is 4.16. The molecule has 0 amide bonds. The molecule has 4 rings (SSSR count). The number of hydrazine groups is 1. The van der Waals surface area contributed by atoms with Crippen molar-refractivity contribution in [2.75, 3.05) is 7.05 Å². The molecule has 4 heterocycles. The minimum Gasteiger partial charge on any atom is -0.399 e. The van der Waals surface area contributed by atoms with E-state index in [0.717, 1.165) is 26.4 Å². The number of allylic oxidation sites excluding steroid dienone is 1. The molecule has 4 aromatic rings. The Kier molecular flexibility index (Phi) is 4.16. The molecule has 0 aromatic carbocycles. The lowest BCUT2D eigenvalue weighted by Gasteiger charge is -2.09. The van der Waals surface area contributed by atoms with Crippen molar-refractivity contribution in [2.24, 2.45) is 18.6 Å². The fourth-order valence-corrected chi connectivity index (χ4v) is 4.16. The molecule has 0 bridgehead atoms. The van der Waals surface area contributed by atoms with Crippen molar-refractivity contribution in [3.8, 4) is 0 Å². The van der Waals surface area contributed by atoms with Crippen LogP contribution in [-0.4, -0.2) is 41.6 Å². The van der Waals surface area contributed by atoms with Gasteiger partial charge < -0.3 is 15.3 Å². The molecular formula is C16H19N9OS. The van der Waals surface area contributed by atoms with Gasteiger partial charge in [-0.05, 0) is 6.07 Å². The van der Waals surface area contributed by atoms with E-state index in [1.807, 2.05) is 17.7 Å². The van der Waals surface area contributed by atoms with Gasteiger partial charge in [-0.3, -0.25) is 9.89 Å². The van der Waals surface area contributed by atoms with Crippen molar-refractivity contribution in [1.29, 1.82) is 0 Å². The SMILES string of the molecule is CN(N)/C=C(\N)Cn1ncc2c3sc(Cc4cc[nH]n4)nc3n(C)c2c1=O. The molecule has 0 aliphatic heterocycles. The van der Waals surface area contributed by atoms with Crippen LogP contribution in [0.2, 0.25) is 0 Å². The molecule has 0 fully saturated rings. The van der Waals surface area contributed by atoms with E-state index in [1.54, 1.807) is 37.0 Å². The Morgan fingerprint density at radius 1 is 1.48 bits per heavy atom. The van der Waals surface area contributed by atoms with Gasteiger partial charge in [0.2, 0.25) is 0 Å². The number of nitrogens with two attached hydrogens (primary N) is 2. The van der Waals surface area contributed by atoms with Gasteiger partial charge in [-0.25, -0.2) is 15.5 Å². The highest BCUT2D eigenvalue weighted by molar-refractivity contribution is 7.19. The molecule has 0 saturated carbocycles. The summed E-state index contributed by atoms with van der Waals surface area (Å²) in [5.74, 6) is 5.55. The summed E-state index contributed by atoms with van der Waals surface area (Å²) in [7, 11) is 3.49. The Bertz CT molecular complexity index is 1200. The maximum absolute atomic E-state index is 12.9. The Balaban J connectivity index is 1.77. The summed E-state index contributed by atoms with van der Waals surface area (Å²) >= 11 is 1.55. The largest absolute Gasteiger partial charge is 0.399 e. The summed E-state index contributed by atoms with van der Waals surface area (Å²) in [5, 5.41) is 14.3. The van der Waals surface area contributed by atoms with Gasteiger partial charge in [0.25, 0.3) is 5.56 Å². The van der Waals surface area contributed by atoms with Crippen LogP contribution in [0.4, 0.5) is 0 Å². The van der Waals surface area contributed by atoms with Crippen LogP contribution in [0.25, 0.3) is 21.3 Å². The summed E-state index contributed by atoms with van der Waals surface area (Å²) < 4.78 is 4.08. The first-order chi connectivity index (χ1) is 12.9. The van der Waals surface area contributed by atoms with E-state index in [9.17, 15) is 4.79 Å². The number of H-pyrrole nitrogens is 1. The Labute approximate surface area is 157 Å². The minimum absolute atomic E-state index is 0.160. The normalized spacial score (nSPS) is 12.3. The smallest absolute Gasteiger partial charge is 0.291 e. The van der Waals surface area contributed by atoms with Crippen molar-refractivity contribution in [1.82, 2.24) is 34.5 Å². The quantitative estimate of drug-likeness (QED) is 0.331. The molecular weight excluding hydrogens is 366 g/mol. The maximum atomic E-state index is 12.9. The second-order valence-electron chi connectivity index (χ2n) is 6.30. The van der Waals surface area contributed by atoms with E-state index in [-0.39, 0.29) is 12.1 Å². The topological polar surface area (TPSA) is 137 Å². The summed E-state index contributed by atoms with van der Waals surface area (Å²) in [6.07, 6.45) is 5.66. The van der Waals surface area contributed by atoms with Gasteiger partial charge in [0, 0.05) is 44.0 Å². The van der Waals surface area contributed by atoms with Gasteiger partial charge >= 0.3 is 0 Å². The van der Waals surface area contributed by atoms with Crippen LogP contribution in [0.1, 0.15) is 10.7 Å². The van der Waals surface area contributed by atoms with Crippen LogP contribution in [0.3, 0.4) is 0 Å². The van der Waals surface area contributed by atoms with Crippen LogP contribution < -0.4 is 17.1 Å². The average molecular weight is 385 g/mol. The first kappa shape index (κ1) is 17.2. The lowest BCUT2D eigenvalue weighted by molar-refractivity contribution is 0.473. The van der Waals surface area contributed by atoms with Crippen molar-refractivity contribution >= 4 is 32.6 Å². The molecule has 0 atom stereocenters. The molecule has 11 heteroatoms. The monoisotopic (exact) mass is 385 g/mol. The number of hydrogen-bond donors (Lipinski definition) is 3. The fraction of sp³-hybridized carbons (Fsp3) is 0.250. The van der Waals surface area contributed by atoms with E-state index in [1.165, 1.54) is 9.69 Å². The zero-order valence-corrected chi connectivity index (χ0v) is 15.7. The Morgan fingerprint density at radius 3 is 3.00 bits per heavy atom. The van der Waals surface area contributed by atoms with Crippen molar-refractivity contribution in [2.45, 2.75) is 13.0 Å². The van der Waals surface area contributed by atoms with E-state index >= 15 is 0 Å². The van der Waals surface area contributed by atoms with E-state index < -0.39 is 0 Å². The number of nitrogens with one attached hydrogen (secondary N) is 1. The molecule has 140 valence electrons. The number of hydrogen-bond acceptors (Lipinski definition) is 8. The van der Waals surface area contributed by atoms with Crippen molar-refractivity contribution < 1.29 is 0 Å². The van der Waals surface area contributed by atoms with Crippen molar-refractivity contribution in [3.63, 3.8) is 0 Å². The van der Waals surface area contributed by atoms with Crippen LogP contribution in [0, 0.1) is 0 Å². The zero-order chi connectivity index (χ0) is 19.1. The first-order valence-electron chi connectivity index (χ1n) is 8.20. The van der Waals surface area contributed by atoms with E-state index in [2.05, 4.69) is 20.3 Å². The van der Waals surface area contributed by atoms with Gasteiger partial charge in [0.05, 0.1) is 23.1 Å². The number of thiazole rings is 1. The molecule has 0 aliphatic carbocycles. The summed E-state index contributed by atoms with van der Waals surface area (Å²) in [5.41, 5.74) is 8.37. The van der Waals surface area contributed by atoms with Crippen LogP contribution in [0.15, 0.2) is 35.2 Å². The highest BCUT2D eigenvalue weighted by Crippen LogP contribution is 2.31. The number of aromatic nitrogens is 6. The molecule has 5 N–H and O–H groups in total. The zero-order valence-electron chi connectivity index (χ0n) is 14.9. The second-order valence-corrected chi connectivity index (χ2v) is 7.38. The standard InChI is InChI=1S/C16H19N9OS/c1-23(18)7-9(17)8-25-16(26)13-11(6-20-25)14-15(24(13)2)21-12(27-14)5-10-3-4-19-22-10/h3-4,6-7H,5,8,17-18H2,1-2H3,(H,19,22)/b9-7-. The minimum atomic E-state index is -0.218. The van der Waals surface area contributed by atoms with Gasteiger partial charge in [-0.1, -0.05) is 0 Å². The molecule has 0 aliphatic rings. The lowest BCUT2D eigenvalue weighted by atomic mass is 10.3. The lowest BCUT2D eigenvalue weighted by Crippen LogP contribution is -2.28. The van der Waals surface area contributed by atoms with Gasteiger partial charge in [-0.15, -0.1) is 11.3 Å². The highest BCUT2D eigenvalue weighted by atomic mass is 32.1. The summed E-state index contributed by atoms with van der Waals surface area (Å²) in [4.78, 5) is 17.6. The molecule has 10 nitrogen and oxygen atoms in total. The predicted molar refractivity (Wildman–Crippen MR) is 104 cm³/mol. The number of nitrogens with zero attached hydrogens (tertiary/aromatic N) is 6. The third-order valence-corrected chi connectivity index (χ3v) is 5.24. The number of aryl methyl sites for hydroxylation is 1. The number of rotatable bonds is 5. The van der Waals surface area contributed by atoms with E-state index in [4.69, 9.17) is 11.6 Å². The van der Waals surface area contributed by atoms with E-state index in [0.29, 0.717) is 17.6 Å². The Morgan fingerprint density at radius 2 is 2.30 bits per heavy atom. The number of aromatic amines is 1. The molecule has 0 radical (unpaired) electrons. The van der Waals surface area contributed by atoms with Crippen LogP contribution >= 0.6 is 11.3 Å². The third kappa shape index (κ3) is 3.06. The van der Waals surface area contributed by atoms with Gasteiger partial charge in [-0.2, -0.15) is 10.2 Å². The molecule has 0 saturated heterocycles. The summed E-state index contributed by atoms with van der Waals surface area (Å²) in [6, 6.07) is 1.92. The van der Waals surface area contributed by atoms with Crippen LogP contribution in [-0.2, 0) is 20.0 Å². The van der Waals surface area contributed by atoms with Crippen LogP contribution in [0.5, 0.6) is 0 Å². The van der Waals surface area contributed by atoms with Gasteiger partial charge in [0.15, 0.2) is 5.65 Å². The molecule has 27 heavy (non-hydrogen) atoms. The first-order valence-corrected chi connectivity index (χ1v) is 9.02. The van der Waals surface area contributed by atoms with Crippen molar-refractivity contribution in [3.05, 3.63) is 51.4 Å². The predicted octanol–water partition coefficient (Wildman–Crippen LogP) is 0.264. The average Bonchev–Trinajstić information content (AvgIpc) is 3.29. The highest BCUT2D eigenvalue weighted by Gasteiger charge is 2.18. The molecule has 0 spiro atoms. The fourth-order valence-electron chi connectivity index (χ4n) is 3.04. The Hall–Kier alpha value is -3.18. The van der Waals surface area contributed by atoms with Gasteiger partial charge in [0.1, 0.15) is 10.5 Å². The molecule has 0 unspecified atom stereocenters.